The smallest absolute Gasteiger partial charge is 0.241 e. The van der Waals surface area contributed by atoms with Crippen LogP contribution >= 0.6 is 0 Å². The molecule has 0 bridgehead atoms. The zero-order valence-corrected chi connectivity index (χ0v) is 15.2. The number of anilines is 1. The maximum absolute atomic E-state index is 13.0. The Hall–Kier alpha value is -1.43. The molecular weight excluding hydrogens is 316 g/mol. The Morgan fingerprint density at radius 2 is 2.08 bits per heavy atom. The van der Waals surface area contributed by atoms with Crippen LogP contribution in [0.2, 0.25) is 0 Å². The van der Waals surface area contributed by atoms with Gasteiger partial charge in [-0.1, -0.05) is 18.2 Å². The predicted octanol–water partition coefficient (Wildman–Crippen LogP) is 2.23. The van der Waals surface area contributed by atoms with Gasteiger partial charge in [0.25, 0.3) is 0 Å². The average Bonchev–Trinajstić information content (AvgIpc) is 3.23. The largest absolute Gasteiger partial charge is 0.381 e. The Bertz CT molecular complexity index is 650. The van der Waals surface area contributed by atoms with Crippen LogP contribution in [0.5, 0.6) is 0 Å². The molecule has 5 heteroatoms. The van der Waals surface area contributed by atoms with E-state index < -0.39 is 0 Å². The van der Waals surface area contributed by atoms with Crippen LogP contribution < -0.4 is 4.90 Å². The Morgan fingerprint density at radius 1 is 1.24 bits per heavy atom. The third kappa shape index (κ3) is 2.88. The van der Waals surface area contributed by atoms with Crippen LogP contribution in [0.15, 0.2) is 24.3 Å². The van der Waals surface area contributed by atoms with Crippen LogP contribution in [-0.2, 0) is 20.7 Å². The summed E-state index contributed by atoms with van der Waals surface area (Å²) in [4.78, 5) is 17.3. The van der Waals surface area contributed by atoms with E-state index in [-0.39, 0.29) is 23.7 Å². The Kier molecular flexibility index (Phi) is 4.56. The fourth-order valence-corrected chi connectivity index (χ4v) is 5.02. The Balaban J connectivity index is 1.48. The van der Waals surface area contributed by atoms with Crippen molar-refractivity contribution in [2.75, 3.05) is 38.8 Å². The summed E-state index contributed by atoms with van der Waals surface area (Å²) in [6.07, 6.45) is 5.25. The Labute approximate surface area is 149 Å². The number of ether oxygens (including phenoxy) is 2. The number of benzene rings is 1. The maximum Gasteiger partial charge on any atom is 0.241 e. The summed E-state index contributed by atoms with van der Waals surface area (Å²) in [5.74, 6) is 0.205. The van der Waals surface area contributed by atoms with Crippen LogP contribution in [0.1, 0.15) is 31.2 Å². The van der Waals surface area contributed by atoms with Crippen LogP contribution in [0.3, 0.4) is 0 Å². The molecule has 1 aliphatic carbocycles. The first-order valence-corrected chi connectivity index (χ1v) is 9.37. The van der Waals surface area contributed by atoms with Crippen molar-refractivity contribution in [2.45, 2.75) is 49.9 Å². The number of rotatable bonds is 4. The molecule has 2 heterocycles. The fourth-order valence-electron chi connectivity index (χ4n) is 5.02. The van der Waals surface area contributed by atoms with Gasteiger partial charge in [-0.25, -0.2) is 0 Å². The van der Waals surface area contributed by atoms with Crippen molar-refractivity contribution in [1.82, 2.24) is 4.90 Å². The van der Waals surface area contributed by atoms with E-state index in [0.717, 1.165) is 50.9 Å². The highest BCUT2D eigenvalue weighted by Crippen LogP contribution is 2.43. The second-order valence-electron chi connectivity index (χ2n) is 7.56. The highest BCUT2D eigenvalue weighted by molar-refractivity contribution is 5.96. The normalized spacial score (nSPS) is 31.8. The highest BCUT2D eigenvalue weighted by Gasteiger charge is 2.51. The second kappa shape index (κ2) is 6.71. The van der Waals surface area contributed by atoms with Gasteiger partial charge in [-0.2, -0.15) is 0 Å². The SMILES string of the molecule is CO[C@@H]1CC[C@@]2(OC)CCN(CC(=O)N3CCc4ccccc43)[C@H]2C1. The second-order valence-corrected chi connectivity index (χ2v) is 7.56. The third-order valence-corrected chi connectivity index (χ3v) is 6.51. The number of methoxy groups -OCH3 is 2. The van der Waals surface area contributed by atoms with Gasteiger partial charge < -0.3 is 14.4 Å². The van der Waals surface area contributed by atoms with Gasteiger partial charge in [-0.3, -0.25) is 9.69 Å². The van der Waals surface area contributed by atoms with E-state index in [1.807, 2.05) is 24.1 Å². The predicted molar refractivity (Wildman–Crippen MR) is 96.9 cm³/mol. The molecule has 0 radical (unpaired) electrons. The maximum atomic E-state index is 13.0. The zero-order chi connectivity index (χ0) is 17.4. The molecule has 2 aliphatic heterocycles. The standard InChI is InChI=1S/C20H28N2O3/c1-24-16-7-9-20(25-2)10-12-21(18(20)13-16)14-19(23)22-11-8-15-5-3-4-6-17(15)22/h3-6,16,18H,7-14H2,1-2H3/t16-,18+,20-/m1/s1. The van der Waals surface area contributed by atoms with Crippen molar-refractivity contribution in [1.29, 1.82) is 0 Å². The molecule has 1 amide bonds. The molecule has 5 nitrogen and oxygen atoms in total. The van der Waals surface area contributed by atoms with Gasteiger partial charge in [0.05, 0.1) is 18.2 Å². The lowest BCUT2D eigenvalue weighted by atomic mass is 9.79. The molecule has 2 fully saturated rings. The van der Waals surface area contributed by atoms with E-state index in [1.54, 1.807) is 7.11 Å². The van der Waals surface area contributed by atoms with E-state index >= 15 is 0 Å². The number of hydrogen-bond donors (Lipinski definition) is 0. The molecule has 4 rings (SSSR count). The molecule has 0 aromatic heterocycles. The summed E-state index contributed by atoms with van der Waals surface area (Å²) in [7, 11) is 3.61. The molecule has 136 valence electrons. The topological polar surface area (TPSA) is 42.0 Å². The van der Waals surface area contributed by atoms with Gasteiger partial charge in [-0.15, -0.1) is 0 Å². The van der Waals surface area contributed by atoms with E-state index in [0.29, 0.717) is 6.54 Å². The van der Waals surface area contributed by atoms with E-state index in [1.165, 1.54) is 5.56 Å². The van der Waals surface area contributed by atoms with Gasteiger partial charge >= 0.3 is 0 Å². The lowest BCUT2D eigenvalue weighted by Crippen LogP contribution is -2.53. The minimum atomic E-state index is -0.0990. The van der Waals surface area contributed by atoms with Gasteiger partial charge in [0.2, 0.25) is 5.91 Å². The molecule has 0 spiro atoms. The molecule has 25 heavy (non-hydrogen) atoms. The molecule has 0 N–H and O–H groups in total. The molecule has 0 unspecified atom stereocenters. The van der Waals surface area contributed by atoms with Crippen molar-refractivity contribution < 1.29 is 14.3 Å². The highest BCUT2D eigenvalue weighted by atomic mass is 16.5. The van der Waals surface area contributed by atoms with Crippen LogP contribution in [0.4, 0.5) is 5.69 Å². The summed E-state index contributed by atoms with van der Waals surface area (Å²) in [6, 6.07) is 8.52. The number of fused-ring (bicyclic) bond motifs is 2. The van der Waals surface area contributed by atoms with Gasteiger partial charge in [0.1, 0.15) is 0 Å². The molecule has 3 atom stereocenters. The third-order valence-electron chi connectivity index (χ3n) is 6.51. The number of hydrogen-bond acceptors (Lipinski definition) is 4. The lowest BCUT2D eigenvalue weighted by Gasteiger charge is -2.43. The molecule has 1 saturated heterocycles. The monoisotopic (exact) mass is 344 g/mol. The minimum absolute atomic E-state index is 0.0990. The number of amides is 1. The summed E-state index contributed by atoms with van der Waals surface area (Å²) in [5, 5.41) is 0. The zero-order valence-electron chi connectivity index (χ0n) is 15.2. The first kappa shape index (κ1) is 17.0. The summed E-state index contributed by atoms with van der Waals surface area (Å²) in [5.41, 5.74) is 2.27. The number of nitrogens with zero attached hydrogens (tertiary/aromatic N) is 2. The number of likely N-dealkylation sites (tertiary alicyclic amines) is 1. The average molecular weight is 344 g/mol. The van der Waals surface area contributed by atoms with Crippen LogP contribution in [0, 0.1) is 0 Å². The lowest BCUT2D eigenvalue weighted by molar-refractivity contribution is -0.123. The van der Waals surface area contributed by atoms with E-state index in [2.05, 4.69) is 17.0 Å². The van der Waals surface area contributed by atoms with Crippen molar-refractivity contribution >= 4 is 11.6 Å². The number of carbonyl (C=O) groups is 1. The summed E-state index contributed by atoms with van der Waals surface area (Å²) < 4.78 is 11.6. The van der Waals surface area contributed by atoms with Crippen molar-refractivity contribution in [3.05, 3.63) is 29.8 Å². The quantitative estimate of drug-likeness (QED) is 0.840. The van der Waals surface area contributed by atoms with Gasteiger partial charge in [-0.05, 0) is 43.7 Å². The number of para-hydroxylation sites is 1. The van der Waals surface area contributed by atoms with Crippen molar-refractivity contribution in [3.63, 3.8) is 0 Å². The van der Waals surface area contributed by atoms with Crippen LogP contribution in [0.25, 0.3) is 0 Å². The van der Waals surface area contributed by atoms with Gasteiger partial charge in [0, 0.05) is 39.0 Å². The van der Waals surface area contributed by atoms with Crippen molar-refractivity contribution in [2.24, 2.45) is 0 Å². The molecular formula is C20H28N2O3. The first-order valence-electron chi connectivity index (χ1n) is 9.37. The summed E-state index contributed by atoms with van der Waals surface area (Å²) >= 11 is 0. The van der Waals surface area contributed by atoms with Gasteiger partial charge in [0.15, 0.2) is 0 Å². The molecule has 1 aromatic carbocycles. The van der Waals surface area contributed by atoms with E-state index in [9.17, 15) is 4.79 Å². The minimum Gasteiger partial charge on any atom is -0.381 e. The molecule has 1 saturated carbocycles. The Morgan fingerprint density at radius 3 is 2.88 bits per heavy atom. The molecule has 3 aliphatic rings. The molecule has 1 aromatic rings. The first-order chi connectivity index (χ1) is 12.2. The summed E-state index contributed by atoms with van der Waals surface area (Å²) in [6.45, 7) is 2.20. The van der Waals surface area contributed by atoms with E-state index in [4.69, 9.17) is 9.47 Å². The number of carbonyl (C=O) groups excluding carboxylic acids is 1. The fraction of sp³-hybridized carbons (Fsp3) is 0.650. The van der Waals surface area contributed by atoms with Crippen LogP contribution in [-0.4, -0.2) is 62.4 Å². The van der Waals surface area contributed by atoms with Crippen molar-refractivity contribution in [3.8, 4) is 0 Å².